The largest absolute Gasteiger partial charge is 0.314 e. The first-order valence-electron chi connectivity index (χ1n) is 7.86. The normalized spacial score (nSPS) is 25.2. The lowest BCUT2D eigenvalue weighted by Gasteiger charge is -2.04. The topological polar surface area (TPSA) is 76.0 Å². The van der Waals surface area contributed by atoms with Crippen LogP contribution >= 0.6 is 0 Å². The number of nitrogens with one attached hydrogen (secondary N) is 2. The van der Waals surface area contributed by atoms with Gasteiger partial charge in [0.05, 0.1) is 6.20 Å². The van der Waals surface area contributed by atoms with Crippen molar-refractivity contribution in [3.63, 3.8) is 0 Å². The molecule has 2 aliphatic carbocycles. The molecule has 1 aromatic rings. The summed E-state index contributed by atoms with van der Waals surface area (Å²) in [4.78, 5) is 0.277. The molecule has 0 amide bonds. The van der Waals surface area contributed by atoms with Crippen molar-refractivity contribution in [2.45, 2.75) is 62.6 Å². The van der Waals surface area contributed by atoms with Crippen molar-refractivity contribution < 1.29 is 8.42 Å². The maximum absolute atomic E-state index is 12.2. The molecule has 0 saturated heterocycles. The zero-order valence-electron chi connectivity index (χ0n) is 12.5. The van der Waals surface area contributed by atoms with Gasteiger partial charge < -0.3 is 5.32 Å². The van der Waals surface area contributed by atoms with Crippen LogP contribution in [0, 0.1) is 5.92 Å². The number of hydrogen-bond acceptors (Lipinski definition) is 4. The smallest absolute Gasteiger partial charge is 0.243 e. The van der Waals surface area contributed by atoms with Crippen molar-refractivity contribution in [3.05, 3.63) is 12.4 Å². The lowest BCUT2D eigenvalue weighted by molar-refractivity contribution is 0.541. The van der Waals surface area contributed by atoms with Crippen LogP contribution in [0.1, 0.15) is 39.0 Å². The van der Waals surface area contributed by atoms with Crippen molar-refractivity contribution in [1.82, 2.24) is 19.8 Å². The fourth-order valence-corrected chi connectivity index (χ4v) is 3.82. The van der Waals surface area contributed by atoms with Gasteiger partial charge in [-0.05, 0) is 38.1 Å². The van der Waals surface area contributed by atoms with Crippen LogP contribution in [0.25, 0.3) is 0 Å². The molecule has 7 heteroatoms. The summed E-state index contributed by atoms with van der Waals surface area (Å²) in [6.45, 7) is 3.80. The molecule has 0 aromatic carbocycles. The van der Waals surface area contributed by atoms with Crippen LogP contribution in [0.5, 0.6) is 0 Å². The monoisotopic (exact) mass is 312 g/mol. The summed E-state index contributed by atoms with van der Waals surface area (Å²) in [5.41, 5.74) is 0. The molecule has 1 aromatic heterocycles. The van der Waals surface area contributed by atoms with Gasteiger partial charge in [0.25, 0.3) is 0 Å². The van der Waals surface area contributed by atoms with E-state index in [2.05, 4.69) is 22.1 Å². The number of nitrogens with zero attached hydrogens (tertiary/aromatic N) is 2. The molecule has 2 atom stereocenters. The lowest BCUT2D eigenvalue weighted by Crippen LogP contribution is -2.26. The Morgan fingerprint density at radius 1 is 1.43 bits per heavy atom. The Labute approximate surface area is 126 Å². The molecule has 21 heavy (non-hydrogen) atoms. The highest BCUT2D eigenvalue weighted by Crippen LogP contribution is 2.34. The summed E-state index contributed by atoms with van der Waals surface area (Å²) in [6.07, 6.45) is 8.59. The Kier molecular flexibility index (Phi) is 4.33. The second-order valence-electron chi connectivity index (χ2n) is 6.15. The molecule has 118 valence electrons. The van der Waals surface area contributed by atoms with Gasteiger partial charge in [0.1, 0.15) is 4.90 Å². The lowest BCUT2D eigenvalue weighted by atomic mass is 10.3. The van der Waals surface area contributed by atoms with Crippen molar-refractivity contribution in [3.8, 4) is 0 Å². The second-order valence-corrected chi connectivity index (χ2v) is 7.87. The van der Waals surface area contributed by atoms with Crippen LogP contribution in [0.4, 0.5) is 0 Å². The highest BCUT2D eigenvalue weighted by atomic mass is 32.2. The van der Waals surface area contributed by atoms with E-state index in [0.717, 1.165) is 32.4 Å². The average Bonchev–Trinajstić information content (AvgIpc) is 3.35. The number of sulfonamides is 1. The predicted octanol–water partition coefficient (Wildman–Crippen LogP) is 1.10. The summed E-state index contributed by atoms with van der Waals surface area (Å²) in [5.74, 6) is 0.503. The van der Waals surface area contributed by atoms with E-state index >= 15 is 0 Å². The second kappa shape index (κ2) is 6.06. The Morgan fingerprint density at radius 3 is 2.90 bits per heavy atom. The van der Waals surface area contributed by atoms with Crippen molar-refractivity contribution in [2.75, 3.05) is 6.54 Å². The van der Waals surface area contributed by atoms with Crippen LogP contribution in [-0.2, 0) is 16.6 Å². The minimum atomic E-state index is -3.40. The summed E-state index contributed by atoms with van der Waals surface area (Å²) < 4.78 is 28.9. The Hall–Kier alpha value is -0.920. The van der Waals surface area contributed by atoms with Gasteiger partial charge in [0.2, 0.25) is 10.0 Å². The van der Waals surface area contributed by atoms with Gasteiger partial charge in [0, 0.05) is 24.8 Å². The average molecular weight is 312 g/mol. The zero-order chi connectivity index (χ0) is 14.9. The highest BCUT2D eigenvalue weighted by Gasteiger charge is 2.38. The maximum atomic E-state index is 12.2. The van der Waals surface area contributed by atoms with Gasteiger partial charge in [-0.2, -0.15) is 5.10 Å². The van der Waals surface area contributed by atoms with Crippen LogP contribution < -0.4 is 10.0 Å². The first kappa shape index (κ1) is 15.0. The van der Waals surface area contributed by atoms with Crippen molar-refractivity contribution in [2.24, 2.45) is 5.92 Å². The molecule has 1 heterocycles. The summed E-state index contributed by atoms with van der Waals surface area (Å²) >= 11 is 0. The zero-order valence-corrected chi connectivity index (χ0v) is 13.3. The predicted molar refractivity (Wildman–Crippen MR) is 80.4 cm³/mol. The Morgan fingerprint density at radius 2 is 2.24 bits per heavy atom. The number of hydrogen-bond donors (Lipinski definition) is 2. The Balaban J connectivity index is 1.48. The van der Waals surface area contributed by atoms with Gasteiger partial charge in [-0.15, -0.1) is 0 Å². The first-order valence-corrected chi connectivity index (χ1v) is 9.35. The van der Waals surface area contributed by atoms with E-state index in [4.69, 9.17) is 0 Å². The summed E-state index contributed by atoms with van der Waals surface area (Å²) in [6, 6.07) is 0.832. The molecule has 0 aliphatic heterocycles. The van der Waals surface area contributed by atoms with Crippen LogP contribution in [0.15, 0.2) is 17.3 Å². The van der Waals surface area contributed by atoms with E-state index in [1.165, 1.54) is 19.0 Å². The van der Waals surface area contributed by atoms with Gasteiger partial charge in [-0.3, -0.25) is 4.68 Å². The number of aryl methyl sites for hydroxylation is 1. The van der Waals surface area contributed by atoms with Crippen molar-refractivity contribution in [1.29, 1.82) is 0 Å². The fraction of sp³-hybridized carbons (Fsp3) is 0.786. The molecule has 0 spiro atoms. The minimum absolute atomic E-state index is 0.117. The molecule has 2 fully saturated rings. The van der Waals surface area contributed by atoms with E-state index in [0.29, 0.717) is 12.0 Å². The molecular weight excluding hydrogens is 288 g/mol. The molecule has 6 nitrogen and oxygen atoms in total. The third-order valence-corrected chi connectivity index (χ3v) is 5.69. The first-order chi connectivity index (χ1) is 10.1. The highest BCUT2D eigenvalue weighted by molar-refractivity contribution is 7.89. The van der Waals surface area contributed by atoms with E-state index < -0.39 is 10.0 Å². The number of rotatable bonds is 9. The Bertz CT molecular complexity index is 580. The molecule has 2 saturated carbocycles. The SMILES string of the molecule is CCC1CC1NS(=O)(=O)c1cnn(CCCNC2CC2)c1. The third kappa shape index (κ3) is 4.05. The van der Waals surface area contributed by atoms with E-state index in [1.807, 2.05) is 0 Å². The van der Waals surface area contributed by atoms with Crippen LogP contribution in [0.2, 0.25) is 0 Å². The summed E-state index contributed by atoms with van der Waals surface area (Å²) in [5, 5.41) is 7.59. The van der Waals surface area contributed by atoms with Crippen molar-refractivity contribution >= 4 is 10.0 Å². The van der Waals surface area contributed by atoms with E-state index in [-0.39, 0.29) is 10.9 Å². The maximum Gasteiger partial charge on any atom is 0.243 e. The minimum Gasteiger partial charge on any atom is -0.314 e. The molecule has 0 bridgehead atoms. The van der Waals surface area contributed by atoms with Gasteiger partial charge >= 0.3 is 0 Å². The molecule has 0 radical (unpaired) electrons. The van der Waals surface area contributed by atoms with Gasteiger partial charge in [0.15, 0.2) is 0 Å². The third-order valence-electron chi connectivity index (χ3n) is 4.25. The summed E-state index contributed by atoms with van der Waals surface area (Å²) in [7, 11) is -3.40. The molecule has 3 rings (SSSR count). The van der Waals surface area contributed by atoms with Gasteiger partial charge in [-0.1, -0.05) is 13.3 Å². The number of aromatic nitrogens is 2. The van der Waals surface area contributed by atoms with E-state index in [1.54, 1.807) is 10.9 Å². The molecule has 2 unspecified atom stereocenters. The molecule has 2 N–H and O–H groups in total. The quantitative estimate of drug-likeness (QED) is 0.670. The van der Waals surface area contributed by atoms with Crippen LogP contribution in [0.3, 0.4) is 0 Å². The van der Waals surface area contributed by atoms with Gasteiger partial charge in [-0.25, -0.2) is 13.1 Å². The molecule has 2 aliphatic rings. The van der Waals surface area contributed by atoms with Crippen LogP contribution in [-0.4, -0.2) is 36.8 Å². The standard InChI is InChI=1S/C14H24N4O2S/c1-2-11-8-14(11)17-21(19,20)13-9-16-18(10-13)7-3-6-15-12-4-5-12/h9-12,14-15,17H,2-8H2,1H3. The molecular formula is C14H24N4O2S. The van der Waals surface area contributed by atoms with E-state index in [9.17, 15) is 8.42 Å². The fourth-order valence-electron chi connectivity index (χ4n) is 2.55.